The first kappa shape index (κ1) is 57.4. The highest BCUT2D eigenvalue weighted by Gasteiger charge is 2.44. The van der Waals surface area contributed by atoms with Gasteiger partial charge in [0.25, 0.3) is 0 Å². The van der Waals surface area contributed by atoms with E-state index in [0.29, 0.717) is 12.8 Å². The van der Waals surface area contributed by atoms with Crippen molar-refractivity contribution in [3.8, 4) is 0 Å². The molecule has 6 atom stereocenters. The van der Waals surface area contributed by atoms with Crippen LogP contribution in [0, 0.1) is 0 Å². The van der Waals surface area contributed by atoms with E-state index in [2.05, 4.69) is 123 Å². The van der Waals surface area contributed by atoms with E-state index in [-0.39, 0.29) is 26.1 Å². The molecule has 1 aliphatic rings. The van der Waals surface area contributed by atoms with Gasteiger partial charge < -0.3 is 39.4 Å². The molecular formula is C53H84O10. The Balaban J connectivity index is 2.35. The quantitative estimate of drug-likeness (QED) is 0.0268. The van der Waals surface area contributed by atoms with Crippen LogP contribution in [0.2, 0.25) is 0 Å². The molecule has 0 spiro atoms. The Morgan fingerprint density at radius 2 is 0.889 bits per heavy atom. The molecule has 0 amide bonds. The van der Waals surface area contributed by atoms with E-state index in [1.807, 2.05) is 0 Å². The third-order valence-corrected chi connectivity index (χ3v) is 10.2. The van der Waals surface area contributed by atoms with E-state index in [1.54, 1.807) is 0 Å². The van der Waals surface area contributed by atoms with Crippen molar-refractivity contribution in [2.75, 3.05) is 19.8 Å². The molecule has 10 heteroatoms. The van der Waals surface area contributed by atoms with Crippen LogP contribution in [-0.2, 0) is 28.5 Å². The van der Waals surface area contributed by atoms with Crippen LogP contribution >= 0.6 is 0 Å². The largest absolute Gasteiger partial charge is 0.462 e. The maximum Gasteiger partial charge on any atom is 0.306 e. The van der Waals surface area contributed by atoms with Crippen LogP contribution < -0.4 is 0 Å². The van der Waals surface area contributed by atoms with Crippen molar-refractivity contribution < 1.29 is 49.0 Å². The molecule has 1 rings (SSSR count). The van der Waals surface area contributed by atoms with Gasteiger partial charge in [-0.1, -0.05) is 155 Å². The lowest BCUT2D eigenvalue weighted by Crippen LogP contribution is -2.59. The number of carbonyl (C=O) groups excluding carboxylic acids is 2. The molecule has 10 nitrogen and oxygen atoms in total. The lowest BCUT2D eigenvalue weighted by molar-refractivity contribution is -0.305. The molecule has 63 heavy (non-hydrogen) atoms. The number of unbranched alkanes of at least 4 members (excludes halogenated alkanes) is 9. The second kappa shape index (κ2) is 42.3. The average Bonchev–Trinajstić information content (AvgIpc) is 3.28. The molecule has 0 saturated carbocycles. The summed E-state index contributed by atoms with van der Waals surface area (Å²) in [6.07, 6.45) is 50.9. The molecule has 0 bridgehead atoms. The van der Waals surface area contributed by atoms with Gasteiger partial charge in [0.1, 0.15) is 31.0 Å². The van der Waals surface area contributed by atoms with Crippen LogP contribution in [0.5, 0.6) is 0 Å². The summed E-state index contributed by atoms with van der Waals surface area (Å²) in [5, 5.41) is 40.2. The highest BCUT2D eigenvalue weighted by atomic mass is 16.7. The number of allylic oxidation sites excluding steroid dienone is 18. The zero-order valence-electron chi connectivity index (χ0n) is 38.8. The highest BCUT2D eigenvalue weighted by molar-refractivity contribution is 5.70. The Morgan fingerprint density at radius 1 is 0.492 bits per heavy atom. The number of esters is 2. The Hall–Kier alpha value is -3.64. The predicted molar refractivity (Wildman–Crippen MR) is 256 cm³/mol. The summed E-state index contributed by atoms with van der Waals surface area (Å²) in [4.78, 5) is 25.4. The smallest absolute Gasteiger partial charge is 0.306 e. The Labute approximate surface area is 380 Å². The van der Waals surface area contributed by atoms with Gasteiger partial charge >= 0.3 is 11.9 Å². The molecule has 1 aliphatic heterocycles. The molecule has 356 valence electrons. The average molecular weight is 881 g/mol. The van der Waals surface area contributed by atoms with E-state index in [0.717, 1.165) is 116 Å². The van der Waals surface area contributed by atoms with E-state index >= 15 is 0 Å². The number of rotatable bonds is 38. The van der Waals surface area contributed by atoms with Crippen LogP contribution in [0.25, 0.3) is 0 Å². The van der Waals surface area contributed by atoms with Gasteiger partial charge in [-0.15, -0.1) is 0 Å². The zero-order valence-corrected chi connectivity index (χ0v) is 38.8. The molecule has 1 fully saturated rings. The fourth-order valence-corrected chi connectivity index (χ4v) is 6.44. The molecule has 4 N–H and O–H groups in total. The van der Waals surface area contributed by atoms with E-state index in [1.165, 1.54) is 0 Å². The molecule has 1 heterocycles. The Kier molecular flexibility index (Phi) is 38.5. The SMILES string of the molecule is CC/C=C\C/C=C\C/C=C\C/C=C\C/C=C\CCCCCC(=O)OC(COC(=O)CCCCCCCC/C=C\C/C=C\C/C=C\C/C=C\CC)COC1OC(CO)C(O)C(O)C1O. The van der Waals surface area contributed by atoms with Gasteiger partial charge in [0.05, 0.1) is 13.2 Å². The lowest BCUT2D eigenvalue weighted by Gasteiger charge is -2.39. The van der Waals surface area contributed by atoms with E-state index in [9.17, 15) is 30.0 Å². The molecule has 0 aromatic heterocycles. The van der Waals surface area contributed by atoms with Crippen LogP contribution in [0.15, 0.2) is 109 Å². The first-order chi connectivity index (χ1) is 30.8. The standard InChI is InChI=1S/C53H84O10/c1-3-5-7-9-11-13-15-17-19-21-23-25-27-29-31-33-35-37-39-41-48(55)60-44-46(45-61-53-52(59)51(58)50(57)47(43-54)63-53)62-49(56)42-40-38-36-34-32-30-28-26-24-22-20-18-16-14-12-10-8-6-4-2/h5-8,11-14,17-20,23-26,30,32,46-47,50-54,57-59H,3-4,9-10,15-16,21-22,27-29,31,33-45H2,1-2H3/b7-5-,8-6-,13-11-,14-12-,19-17-,20-18-,25-23-,26-24-,32-30-. The fraction of sp³-hybridized carbons (Fsp3) is 0.623. The van der Waals surface area contributed by atoms with Crippen molar-refractivity contribution in [1.29, 1.82) is 0 Å². The van der Waals surface area contributed by atoms with Gasteiger partial charge in [-0.05, 0) is 96.3 Å². The first-order valence-electron chi connectivity index (χ1n) is 24.0. The molecule has 6 unspecified atom stereocenters. The van der Waals surface area contributed by atoms with Gasteiger partial charge in [0, 0.05) is 12.8 Å². The molecule has 0 aliphatic carbocycles. The van der Waals surface area contributed by atoms with Gasteiger partial charge in [-0.2, -0.15) is 0 Å². The number of aliphatic hydroxyl groups excluding tert-OH is 4. The monoisotopic (exact) mass is 881 g/mol. The molecule has 0 radical (unpaired) electrons. The van der Waals surface area contributed by atoms with Crippen molar-refractivity contribution in [3.05, 3.63) is 109 Å². The second-order valence-electron chi connectivity index (χ2n) is 15.8. The zero-order chi connectivity index (χ0) is 45.9. The Morgan fingerprint density at radius 3 is 1.35 bits per heavy atom. The van der Waals surface area contributed by atoms with Crippen molar-refractivity contribution in [2.24, 2.45) is 0 Å². The summed E-state index contributed by atoms with van der Waals surface area (Å²) in [6, 6.07) is 0. The summed E-state index contributed by atoms with van der Waals surface area (Å²) >= 11 is 0. The maximum atomic E-state index is 12.8. The summed E-state index contributed by atoms with van der Waals surface area (Å²) in [7, 11) is 0. The van der Waals surface area contributed by atoms with Gasteiger partial charge in [-0.25, -0.2) is 0 Å². The Bertz CT molecular complexity index is 1390. The number of hydrogen-bond donors (Lipinski definition) is 4. The summed E-state index contributed by atoms with van der Waals surface area (Å²) < 4.78 is 22.2. The van der Waals surface area contributed by atoms with Crippen LogP contribution in [0.1, 0.15) is 155 Å². The number of ether oxygens (including phenoxy) is 4. The predicted octanol–water partition coefficient (Wildman–Crippen LogP) is 10.9. The third-order valence-electron chi connectivity index (χ3n) is 10.2. The maximum absolute atomic E-state index is 12.8. The van der Waals surface area contributed by atoms with Crippen molar-refractivity contribution >= 4 is 11.9 Å². The van der Waals surface area contributed by atoms with Crippen molar-refractivity contribution in [2.45, 2.75) is 192 Å². The summed E-state index contributed by atoms with van der Waals surface area (Å²) in [5.74, 6) is -0.872. The number of hydrogen-bond acceptors (Lipinski definition) is 10. The number of aliphatic hydroxyl groups is 4. The van der Waals surface area contributed by atoms with Crippen LogP contribution in [0.4, 0.5) is 0 Å². The van der Waals surface area contributed by atoms with E-state index in [4.69, 9.17) is 18.9 Å². The lowest BCUT2D eigenvalue weighted by atomic mass is 9.99. The first-order valence-corrected chi connectivity index (χ1v) is 24.0. The normalized spacial score (nSPS) is 20.5. The van der Waals surface area contributed by atoms with Crippen molar-refractivity contribution in [3.63, 3.8) is 0 Å². The van der Waals surface area contributed by atoms with Crippen LogP contribution in [0.3, 0.4) is 0 Å². The minimum Gasteiger partial charge on any atom is -0.462 e. The van der Waals surface area contributed by atoms with Crippen LogP contribution in [-0.4, -0.2) is 89.0 Å². The topological polar surface area (TPSA) is 152 Å². The van der Waals surface area contributed by atoms with Gasteiger partial charge in [-0.3, -0.25) is 9.59 Å². The summed E-state index contributed by atoms with van der Waals surface area (Å²) in [5.41, 5.74) is 0. The van der Waals surface area contributed by atoms with Gasteiger partial charge in [0.15, 0.2) is 12.4 Å². The van der Waals surface area contributed by atoms with E-state index < -0.39 is 55.4 Å². The minimum absolute atomic E-state index is 0.180. The number of carbonyl (C=O) groups is 2. The molecular weight excluding hydrogens is 797 g/mol. The third kappa shape index (κ3) is 33.5. The van der Waals surface area contributed by atoms with Crippen molar-refractivity contribution in [1.82, 2.24) is 0 Å². The molecule has 0 aromatic carbocycles. The van der Waals surface area contributed by atoms with Gasteiger partial charge in [0.2, 0.25) is 0 Å². The minimum atomic E-state index is -1.61. The highest BCUT2D eigenvalue weighted by Crippen LogP contribution is 2.22. The molecule has 0 aromatic rings. The summed E-state index contributed by atoms with van der Waals surface area (Å²) in [6.45, 7) is 3.13. The second-order valence-corrected chi connectivity index (χ2v) is 15.8. The molecule has 1 saturated heterocycles. The fourth-order valence-electron chi connectivity index (χ4n) is 6.44.